The molecule has 2 nitrogen and oxygen atoms in total. The predicted molar refractivity (Wildman–Crippen MR) is 208 cm³/mol. The van der Waals surface area contributed by atoms with E-state index in [0.29, 0.717) is 0 Å². The van der Waals surface area contributed by atoms with E-state index in [1.165, 1.54) is 55.6 Å². The van der Waals surface area contributed by atoms with Gasteiger partial charge in [0.05, 0.1) is 0 Å². The smallest absolute Gasteiger partial charge is 0.136 e. The van der Waals surface area contributed by atoms with Crippen LogP contribution in [0.25, 0.3) is 43.9 Å². The van der Waals surface area contributed by atoms with Crippen LogP contribution in [-0.2, 0) is 0 Å². The van der Waals surface area contributed by atoms with Crippen molar-refractivity contribution >= 4 is 43.9 Å². The molecule has 0 unspecified atom stereocenters. The SMILES string of the molecule is Cc1ccc(C(c2ccc(C)cc2)c2ccc3c(c2)oc2cc4c(cc23)oc2cc(C(c3ccc(C)cc3)c3ccc(C)cc3)ccc24)cc1. The molecule has 0 aliphatic carbocycles. The standard InChI is InChI=1S/C48H38O2/c1-29-5-13-33(14-6-29)47(34-15-7-30(2)8-16-34)37-21-23-39-41-27-46-42(28-45(41)49-43(39)25-37)40-24-22-38(26-44(40)50-46)48(35-17-9-31(3)10-18-35)36-19-11-32(4)12-20-36/h5-28,47-48H,1-4H3. The molecular formula is C48H38O2. The molecule has 242 valence electrons. The largest absolute Gasteiger partial charge is 0.456 e. The maximum atomic E-state index is 6.63. The third kappa shape index (κ3) is 5.29. The van der Waals surface area contributed by atoms with Gasteiger partial charge in [0.2, 0.25) is 0 Å². The minimum Gasteiger partial charge on any atom is -0.456 e. The van der Waals surface area contributed by atoms with E-state index in [4.69, 9.17) is 8.83 Å². The van der Waals surface area contributed by atoms with Gasteiger partial charge in [-0.15, -0.1) is 0 Å². The molecule has 0 spiro atoms. The molecule has 9 aromatic rings. The van der Waals surface area contributed by atoms with E-state index < -0.39 is 0 Å². The molecule has 0 radical (unpaired) electrons. The highest BCUT2D eigenvalue weighted by atomic mass is 16.3. The first-order chi connectivity index (χ1) is 24.4. The van der Waals surface area contributed by atoms with Crippen molar-refractivity contribution in [1.82, 2.24) is 0 Å². The molecule has 0 amide bonds. The number of benzene rings is 7. The second-order valence-corrected chi connectivity index (χ2v) is 14.1. The summed E-state index contributed by atoms with van der Waals surface area (Å²) in [6, 6.07) is 53.3. The lowest BCUT2D eigenvalue weighted by molar-refractivity contribution is 0.663. The highest BCUT2D eigenvalue weighted by Gasteiger charge is 2.22. The Bertz CT molecular complexity index is 2370. The van der Waals surface area contributed by atoms with Gasteiger partial charge < -0.3 is 8.83 Å². The number of aryl methyl sites for hydroxylation is 4. The topological polar surface area (TPSA) is 26.3 Å². The lowest BCUT2D eigenvalue weighted by atomic mass is 9.84. The number of hydrogen-bond acceptors (Lipinski definition) is 2. The summed E-state index contributed by atoms with van der Waals surface area (Å²) in [5.41, 5.74) is 16.1. The highest BCUT2D eigenvalue weighted by molar-refractivity contribution is 6.14. The summed E-state index contributed by atoms with van der Waals surface area (Å²) in [6.45, 7) is 8.54. The molecule has 0 saturated carbocycles. The fourth-order valence-corrected chi connectivity index (χ4v) is 7.63. The zero-order chi connectivity index (χ0) is 33.9. The van der Waals surface area contributed by atoms with Gasteiger partial charge in [-0.25, -0.2) is 0 Å². The highest BCUT2D eigenvalue weighted by Crippen LogP contribution is 2.41. The lowest BCUT2D eigenvalue weighted by Gasteiger charge is -2.19. The van der Waals surface area contributed by atoms with Crippen LogP contribution in [0.4, 0.5) is 0 Å². The first kappa shape index (κ1) is 30.2. The van der Waals surface area contributed by atoms with Crippen LogP contribution >= 0.6 is 0 Å². The summed E-state index contributed by atoms with van der Waals surface area (Å²) in [5, 5.41) is 4.32. The van der Waals surface area contributed by atoms with E-state index in [1.807, 2.05) is 0 Å². The van der Waals surface area contributed by atoms with E-state index in [0.717, 1.165) is 43.9 Å². The van der Waals surface area contributed by atoms with Gasteiger partial charge in [0.15, 0.2) is 0 Å². The molecule has 50 heavy (non-hydrogen) atoms. The molecule has 2 heterocycles. The summed E-state index contributed by atoms with van der Waals surface area (Å²) in [6.07, 6.45) is 0. The molecule has 7 aromatic carbocycles. The third-order valence-corrected chi connectivity index (χ3v) is 10.4. The summed E-state index contributed by atoms with van der Waals surface area (Å²) in [5.74, 6) is 0.207. The van der Waals surface area contributed by atoms with Crippen LogP contribution in [0.5, 0.6) is 0 Å². The van der Waals surface area contributed by atoms with Gasteiger partial charge in [0.25, 0.3) is 0 Å². The molecule has 2 aromatic heterocycles. The fraction of sp³-hybridized carbons (Fsp3) is 0.125. The number of rotatable bonds is 6. The molecule has 0 atom stereocenters. The Labute approximate surface area is 292 Å². The molecular weight excluding hydrogens is 609 g/mol. The molecule has 0 N–H and O–H groups in total. The molecule has 9 rings (SSSR count). The quantitative estimate of drug-likeness (QED) is 0.168. The van der Waals surface area contributed by atoms with Gasteiger partial charge in [-0.1, -0.05) is 144 Å². The van der Waals surface area contributed by atoms with Crippen molar-refractivity contribution in [3.05, 3.63) is 201 Å². The summed E-state index contributed by atoms with van der Waals surface area (Å²) < 4.78 is 13.3. The normalized spacial score (nSPS) is 12.0. The van der Waals surface area contributed by atoms with Crippen LogP contribution in [-0.4, -0.2) is 0 Å². The van der Waals surface area contributed by atoms with Gasteiger partial charge in [0.1, 0.15) is 22.3 Å². The average Bonchev–Trinajstić information content (AvgIpc) is 3.67. The van der Waals surface area contributed by atoms with Gasteiger partial charge in [-0.2, -0.15) is 0 Å². The van der Waals surface area contributed by atoms with Crippen LogP contribution in [0.1, 0.15) is 67.5 Å². The molecule has 0 aliphatic heterocycles. The van der Waals surface area contributed by atoms with Crippen LogP contribution < -0.4 is 0 Å². The fourth-order valence-electron chi connectivity index (χ4n) is 7.63. The summed E-state index contributed by atoms with van der Waals surface area (Å²) >= 11 is 0. The second kappa shape index (κ2) is 11.9. The van der Waals surface area contributed by atoms with Crippen molar-refractivity contribution < 1.29 is 8.83 Å². The molecule has 0 bridgehead atoms. The number of hydrogen-bond donors (Lipinski definition) is 0. The monoisotopic (exact) mass is 646 g/mol. The number of furan rings is 2. The van der Waals surface area contributed by atoms with E-state index in [9.17, 15) is 0 Å². The van der Waals surface area contributed by atoms with E-state index in [1.54, 1.807) is 0 Å². The molecule has 0 fully saturated rings. The van der Waals surface area contributed by atoms with Crippen molar-refractivity contribution in [2.24, 2.45) is 0 Å². The van der Waals surface area contributed by atoms with Crippen LogP contribution in [0, 0.1) is 27.7 Å². The average molecular weight is 647 g/mol. The molecule has 0 saturated heterocycles. The van der Waals surface area contributed by atoms with Crippen molar-refractivity contribution in [2.45, 2.75) is 39.5 Å². The summed E-state index contributed by atoms with van der Waals surface area (Å²) in [7, 11) is 0. The van der Waals surface area contributed by atoms with Gasteiger partial charge >= 0.3 is 0 Å². The van der Waals surface area contributed by atoms with Crippen LogP contribution in [0.15, 0.2) is 154 Å². The first-order valence-electron chi connectivity index (χ1n) is 17.5. The Morgan fingerprint density at radius 3 is 0.840 bits per heavy atom. The van der Waals surface area contributed by atoms with Crippen molar-refractivity contribution in [3.63, 3.8) is 0 Å². The zero-order valence-corrected chi connectivity index (χ0v) is 28.8. The number of fused-ring (bicyclic) bond motifs is 6. The lowest BCUT2D eigenvalue weighted by Crippen LogP contribution is -2.03. The van der Waals surface area contributed by atoms with Gasteiger partial charge in [-0.05, 0) is 85.3 Å². The van der Waals surface area contributed by atoms with Crippen molar-refractivity contribution in [2.75, 3.05) is 0 Å². The molecule has 2 heteroatoms. The zero-order valence-electron chi connectivity index (χ0n) is 28.8. The Morgan fingerprint density at radius 2 is 0.540 bits per heavy atom. The third-order valence-electron chi connectivity index (χ3n) is 10.4. The summed E-state index contributed by atoms with van der Waals surface area (Å²) in [4.78, 5) is 0. The van der Waals surface area contributed by atoms with Gasteiger partial charge in [-0.3, -0.25) is 0 Å². The predicted octanol–water partition coefficient (Wildman–Crippen LogP) is 13.1. The Hall–Kier alpha value is -5.86. The first-order valence-corrected chi connectivity index (χ1v) is 17.5. The Balaban J connectivity index is 1.14. The molecule has 0 aliphatic rings. The maximum absolute atomic E-state index is 6.63. The van der Waals surface area contributed by atoms with E-state index in [-0.39, 0.29) is 11.8 Å². The van der Waals surface area contributed by atoms with Gasteiger partial charge in [0, 0.05) is 33.4 Å². The van der Waals surface area contributed by atoms with Crippen LogP contribution in [0.3, 0.4) is 0 Å². The van der Waals surface area contributed by atoms with Crippen molar-refractivity contribution in [1.29, 1.82) is 0 Å². The minimum atomic E-state index is 0.104. The van der Waals surface area contributed by atoms with E-state index in [2.05, 4.69) is 173 Å². The minimum absolute atomic E-state index is 0.104. The Morgan fingerprint density at radius 1 is 0.280 bits per heavy atom. The van der Waals surface area contributed by atoms with E-state index >= 15 is 0 Å². The Kier molecular flexibility index (Phi) is 7.21. The second-order valence-electron chi connectivity index (χ2n) is 14.1. The van der Waals surface area contributed by atoms with Crippen molar-refractivity contribution in [3.8, 4) is 0 Å². The van der Waals surface area contributed by atoms with Crippen LogP contribution in [0.2, 0.25) is 0 Å². The maximum Gasteiger partial charge on any atom is 0.136 e.